The molecule has 36 heavy (non-hydrogen) atoms. The number of anilines is 2. The number of benzene rings is 3. The lowest BCUT2D eigenvalue weighted by atomic mass is 9.87. The van der Waals surface area contributed by atoms with Crippen LogP contribution >= 0.6 is 0 Å². The van der Waals surface area contributed by atoms with E-state index in [4.69, 9.17) is 15.3 Å². The molecule has 0 saturated carbocycles. The van der Waals surface area contributed by atoms with Crippen molar-refractivity contribution in [3.63, 3.8) is 0 Å². The van der Waals surface area contributed by atoms with E-state index < -0.39 is 6.03 Å². The number of nitrogens with one attached hydrogen (secondary N) is 1. The lowest BCUT2D eigenvalue weighted by molar-refractivity contribution is 0.256. The minimum atomic E-state index is -0.513. The molecule has 0 aliphatic rings. The van der Waals surface area contributed by atoms with Gasteiger partial charge in [0, 0.05) is 29.6 Å². The van der Waals surface area contributed by atoms with Crippen molar-refractivity contribution in [1.29, 1.82) is 0 Å². The molecule has 0 bridgehead atoms. The van der Waals surface area contributed by atoms with Crippen LogP contribution in [0.4, 0.5) is 16.2 Å². The van der Waals surface area contributed by atoms with Crippen molar-refractivity contribution < 1.29 is 14.3 Å². The highest BCUT2D eigenvalue weighted by molar-refractivity contribution is 6.08. The van der Waals surface area contributed by atoms with E-state index in [0.29, 0.717) is 28.8 Å². The van der Waals surface area contributed by atoms with Crippen LogP contribution in [0.2, 0.25) is 0 Å². The SMILES string of the molecule is C=N/C(=C\C(C)=NC)Oc1ccc(NC(=O)N(N)c2cc(C(C)(C)C)ccc2OC)c2ccccc12. The molecule has 3 aromatic carbocycles. The molecule has 8 nitrogen and oxygen atoms in total. The third-order valence-electron chi connectivity index (χ3n) is 5.70. The molecule has 0 aliphatic carbocycles. The second-order valence-electron chi connectivity index (χ2n) is 9.20. The number of allylic oxidation sites excluding steroid dienone is 1. The number of carbonyl (C=O) groups excluding carboxylic acids is 1. The number of rotatable bonds is 7. The summed E-state index contributed by atoms with van der Waals surface area (Å²) in [7, 11) is 3.23. The maximum atomic E-state index is 13.2. The van der Waals surface area contributed by atoms with E-state index in [9.17, 15) is 4.79 Å². The summed E-state index contributed by atoms with van der Waals surface area (Å²) >= 11 is 0. The fourth-order valence-electron chi connectivity index (χ4n) is 3.56. The molecule has 0 radical (unpaired) electrons. The number of hydrazine groups is 1. The Morgan fingerprint density at radius 2 is 1.75 bits per heavy atom. The third kappa shape index (κ3) is 5.90. The Labute approximate surface area is 212 Å². The summed E-state index contributed by atoms with van der Waals surface area (Å²) in [5, 5.41) is 5.53. The Hall–Kier alpha value is -4.17. The van der Waals surface area contributed by atoms with Crippen molar-refractivity contribution in [1.82, 2.24) is 0 Å². The van der Waals surface area contributed by atoms with E-state index in [1.807, 2.05) is 49.4 Å². The summed E-state index contributed by atoms with van der Waals surface area (Å²) in [6.45, 7) is 11.7. The Morgan fingerprint density at radius 3 is 2.36 bits per heavy atom. The van der Waals surface area contributed by atoms with Crippen LogP contribution in [-0.2, 0) is 5.41 Å². The second-order valence-corrected chi connectivity index (χ2v) is 9.20. The van der Waals surface area contributed by atoms with Crippen molar-refractivity contribution >= 4 is 40.6 Å². The summed E-state index contributed by atoms with van der Waals surface area (Å²) in [6.07, 6.45) is 1.70. The molecule has 0 saturated heterocycles. The predicted octanol–water partition coefficient (Wildman–Crippen LogP) is 6.07. The number of aliphatic imine (C=N–C) groups is 2. The fourth-order valence-corrected chi connectivity index (χ4v) is 3.56. The maximum absolute atomic E-state index is 13.2. The minimum Gasteiger partial charge on any atom is -0.495 e. The number of nitrogens with two attached hydrogens (primary N) is 1. The van der Waals surface area contributed by atoms with Gasteiger partial charge in [0.25, 0.3) is 0 Å². The van der Waals surface area contributed by atoms with E-state index in [1.165, 1.54) is 0 Å². The van der Waals surface area contributed by atoms with Crippen LogP contribution < -0.4 is 25.6 Å². The van der Waals surface area contributed by atoms with E-state index in [2.05, 4.69) is 42.8 Å². The smallest absolute Gasteiger partial charge is 0.340 e. The molecule has 3 N–H and O–H groups in total. The first-order valence-electron chi connectivity index (χ1n) is 11.4. The molecular weight excluding hydrogens is 454 g/mol. The van der Waals surface area contributed by atoms with Crippen LogP contribution in [0.5, 0.6) is 11.5 Å². The standard InChI is InChI=1S/C28H33N5O3/c1-18(30-5)16-26(31-6)36-24-15-13-22(20-10-8-9-11-21(20)24)32-27(34)33(29)23-17-19(28(2,3)4)12-14-25(23)35-7/h8-17H,6,29H2,1-5,7H3,(H,32,34)/b26-16+,30-18?. The van der Waals surface area contributed by atoms with Gasteiger partial charge in [-0.15, -0.1) is 0 Å². The fraction of sp³-hybridized carbons (Fsp3) is 0.250. The largest absolute Gasteiger partial charge is 0.495 e. The number of ether oxygens (including phenoxy) is 2. The lowest BCUT2D eigenvalue weighted by Crippen LogP contribution is -2.41. The molecule has 0 aromatic heterocycles. The van der Waals surface area contributed by atoms with Gasteiger partial charge in [-0.05, 0) is 48.9 Å². The maximum Gasteiger partial charge on any atom is 0.340 e. The summed E-state index contributed by atoms with van der Waals surface area (Å²) in [4.78, 5) is 21.3. The summed E-state index contributed by atoms with van der Waals surface area (Å²) in [5.41, 5.74) is 2.69. The molecular formula is C28H33N5O3. The van der Waals surface area contributed by atoms with Gasteiger partial charge in [0.15, 0.2) is 0 Å². The topological polar surface area (TPSA) is 102 Å². The zero-order chi connectivity index (χ0) is 26.5. The number of carbonyl (C=O) groups is 1. The van der Waals surface area contributed by atoms with Gasteiger partial charge < -0.3 is 14.8 Å². The first-order valence-corrected chi connectivity index (χ1v) is 11.4. The predicted molar refractivity (Wildman–Crippen MR) is 149 cm³/mol. The zero-order valence-electron chi connectivity index (χ0n) is 21.6. The highest BCUT2D eigenvalue weighted by Gasteiger charge is 2.22. The first-order chi connectivity index (χ1) is 17.1. The van der Waals surface area contributed by atoms with Gasteiger partial charge in [-0.3, -0.25) is 4.99 Å². The quantitative estimate of drug-likeness (QED) is 0.139. The van der Waals surface area contributed by atoms with Crippen molar-refractivity contribution in [2.24, 2.45) is 15.8 Å². The summed E-state index contributed by atoms with van der Waals surface area (Å²) in [6, 6.07) is 16.2. The lowest BCUT2D eigenvalue weighted by Gasteiger charge is -2.25. The van der Waals surface area contributed by atoms with Gasteiger partial charge >= 0.3 is 6.03 Å². The van der Waals surface area contributed by atoms with Crippen molar-refractivity contribution in [2.45, 2.75) is 33.1 Å². The van der Waals surface area contributed by atoms with Gasteiger partial charge in [0.2, 0.25) is 5.88 Å². The molecule has 0 heterocycles. The molecule has 3 rings (SSSR count). The molecule has 0 fully saturated rings. The molecule has 0 unspecified atom stereocenters. The van der Waals surface area contributed by atoms with Gasteiger partial charge in [-0.2, -0.15) is 0 Å². The number of amides is 2. The average molecular weight is 488 g/mol. The number of nitrogens with zero attached hydrogens (tertiary/aromatic N) is 3. The molecule has 3 aromatic rings. The summed E-state index contributed by atoms with van der Waals surface area (Å²) in [5.74, 6) is 7.65. The van der Waals surface area contributed by atoms with Crippen LogP contribution in [0.1, 0.15) is 33.3 Å². The van der Waals surface area contributed by atoms with Crippen LogP contribution in [-0.4, -0.2) is 32.6 Å². The van der Waals surface area contributed by atoms with E-state index >= 15 is 0 Å². The van der Waals surface area contributed by atoms with Gasteiger partial charge in [-0.25, -0.2) is 20.6 Å². The molecule has 8 heteroatoms. The first kappa shape index (κ1) is 26.4. The van der Waals surface area contributed by atoms with Gasteiger partial charge in [-0.1, -0.05) is 51.1 Å². The van der Waals surface area contributed by atoms with E-state index in [1.54, 1.807) is 32.4 Å². The van der Waals surface area contributed by atoms with Crippen molar-refractivity contribution in [3.8, 4) is 11.5 Å². The number of fused-ring (bicyclic) bond motifs is 1. The Morgan fingerprint density at radius 1 is 1.08 bits per heavy atom. The highest BCUT2D eigenvalue weighted by Crippen LogP contribution is 2.35. The number of methoxy groups -OCH3 is 1. The molecule has 2 amide bonds. The number of hydrogen-bond donors (Lipinski definition) is 2. The zero-order valence-corrected chi connectivity index (χ0v) is 21.6. The van der Waals surface area contributed by atoms with Gasteiger partial charge in [0.1, 0.15) is 17.2 Å². The number of urea groups is 1. The van der Waals surface area contributed by atoms with Crippen molar-refractivity contribution in [3.05, 3.63) is 72.1 Å². The highest BCUT2D eigenvalue weighted by atomic mass is 16.5. The monoisotopic (exact) mass is 487 g/mol. The molecule has 0 aliphatic heterocycles. The van der Waals surface area contributed by atoms with Crippen LogP contribution in [0, 0.1) is 0 Å². The normalized spacial score (nSPS) is 12.3. The minimum absolute atomic E-state index is 0.126. The Bertz CT molecular complexity index is 1340. The average Bonchev–Trinajstić information content (AvgIpc) is 2.87. The molecule has 0 spiro atoms. The van der Waals surface area contributed by atoms with Crippen LogP contribution in [0.3, 0.4) is 0 Å². The van der Waals surface area contributed by atoms with Crippen LogP contribution in [0.15, 0.2) is 76.5 Å². The number of hydrogen-bond acceptors (Lipinski definition) is 6. The second kappa shape index (κ2) is 11.0. The van der Waals surface area contributed by atoms with Gasteiger partial charge in [0.05, 0.1) is 12.8 Å². The Kier molecular flexibility index (Phi) is 8.11. The molecule has 0 atom stereocenters. The molecule has 188 valence electrons. The Balaban J connectivity index is 1.95. The van der Waals surface area contributed by atoms with Crippen molar-refractivity contribution in [2.75, 3.05) is 24.5 Å². The summed E-state index contributed by atoms with van der Waals surface area (Å²) < 4.78 is 11.4. The van der Waals surface area contributed by atoms with Crippen LogP contribution in [0.25, 0.3) is 10.8 Å². The van der Waals surface area contributed by atoms with E-state index in [-0.39, 0.29) is 5.41 Å². The third-order valence-corrected chi connectivity index (χ3v) is 5.70. The van der Waals surface area contributed by atoms with E-state index in [0.717, 1.165) is 27.1 Å².